The number of pyridine rings is 2. The smallest absolute Gasteiger partial charge is 0.356 e. The van der Waals surface area contributed by atoms with Gasteiger partial charge in [-0.15, -0.1) is 0 Å². The van der Waals surface area contributed by atoms with Crippen LogP contribution in [0.3, 0.4) is 0 Å². The Kier molecular flexibility index (Phi) is 9.06. The molecule has 4 rings (SSSR count). The SMILES string of the molecule is Cc1cccc(C)c1-c1nc(CS(=O)(=O)c2cccc(N3CCC[C@H](C)C3)n2)ccc1C(F)(F)F.O=C=O. The van der Waals surface area contributed by atoms with Crippen molar-refractivity contribution in [1.82, 2.24) is 9.97 Å². The fraction of sp³-hybridized carbons (Fsp3) is 0.370. The summed E-state index contributed by atoms with van der Waals surface area (Å²) < 4.78 is 67.9. The van der Waals surface area contributed by atoms with Crippen LogP contribution in [-0.2, 0) is 31.4 Å². The minimum Gasteiger partial charge on any atom is -0.356 e. The van der Waals surface area contributed by atoms with E-state index < -0.39 is 27.3 Å². The monoisotopic (exact) mass is 547 g/mol. The highest BCUT2D eigenvalue weighted by atomic mass is 32.2. The van der Waals surface area contributed by atoms with Crippen molar-refractivity contribution < 1.29 is 31.2 Å². The van der Waals surface area contributed by atoms with E-state index in [1.807, 2.05) is 0 Å². The highest BCUT2D eigenvalue weighted by Gasteiger charge is 2.35. The summed E-state index contributed by atoms with van der Waals surface area (Å²) in [7, 11) is -3.94. The number of nitrogens with zero attached hydrogens (tertiary/aromatic N) is 3. The van der Waals surface area contributed by atoms with Crippen LogP contribution >= 0.6 is 0 Å². The summed E-state index contributed by atoms with van der Waals surface area (Å²) in [6, 6.07) is 12.1. The summed E-state index contributed by atoms with van der Waals surface area (Å²) >= 11 is 0. The number of halogens is 3. The number of hydrogen-bond acceptors (Lipinski definition) is 7. The fourth-order valence-corrected chi connectivity index (χ4v) is 5.82. The van der Waals surface area contributed by atoms with E-state index in [9.17, 15) is 21.6 Å². The Morgan fingerprint density at radius 1 is 1.00 bits per heavy atom. The average Bonchev–Trinajstić information content (AvgIpc) is 2.84. The Labute approximate surface area is 219 Å². The molecule has 3 heterocycles. The van der Waals surface area contributed by atoms with E-state index in [1.54, 1.807) is 44.2 Å². The van der Waals surface area contributed by atoms with Crippen molar-refractivity contribution in [3.05, 3.63) is 70.9 Å². The second kappa shape index (κ2) is 11.9. The number of benzene rings is 1. The van der Waals surface area contributed by atoms with Gasteiger partial charge in [0.2, 0.25) is 9.84 Å². The van der Waals surface area contributed by atoms with Gasteiger partial charge in [-0.3, -0.25) is 4.98 Å². The maximum Gasteiger partial charge on any atom is 0.418 e. The molecule has 1 aromatic carbocycles. The topological polar surface area (TPSA) is 97.3 Å². The normalized spacial score (nSPS) is 15.8. The summed E-state index contributed by atoms with van der Waals surface area (Å²) in [6.45, 7) is 7.18. The highest BCUT2D eigenvalue weighted by Crippen LogP contribution is 2.38. The van der Waals surface area contributed by atoms with Gasteiger partial charge in [-0.05, 0) is 68.0 Å². The molecule has 2 aromatic heterocycles. The summed E-state index contributed by atoms with van der Waals surface area (Å²) in [5, 5.41) is -0.108. The quantitative estimate of drug-likeness (QED) is 0.422. The van der Waals surface area contributed by atoms with Crippen molar-refractivity contribution in [3.63, 3.8) is 0 Å². The van der Waals surface area contributed by atoms with E-state index in [2.05, 4.69) is 21.8 Å². The summed E-state index contributed by atoms with van der Waals surface area (Å²) in [6.07, 6.45) is -2.25. The van der Waals surface area contributed by atoms with E-state index >= 15 is 0 Å². The molecule has 1 fully saturated rings. The van der Waals surface area contributed by atoms with E-state index in [1.165, 1.54) is 6.07 Å². The van der Waals surface area contributed by atoms with Gasteiger partial charge < -0.3 is 4.90 Å². The molecule has 11 heteroatoms. The van der Waals surface area contributed by atoms with Crippen molar-refractivity contribution >= 4 is 21.8 Å². The molecule has 1 aliphatic heterocycles. The molecule has 0 aliphatic carbocycles. The fourth-order valence-electron chi connectivity index (χ4n) is 4.61. The zero-order valence-electron chi connectivity index (χ0n) is 21.2. The molecule has 1 aliphatic rings. The molecule has 0 radical (unpaired) electrons. The van der Waals surface area contributed by atoms with E-state index in [4.69, 9.17) is 9.59 Å². The number of piperidine rings is 1. The third kappa shape index (κ3) is 6.85. The van der Waals surface area contributed by atoms with Gasteiger partial charge in [0.1, 0.15) is 5.82 Å². The molecule has 0 saturated carbocycles. The molecule has 1 atom stereocenters. The Morgan fingerprint density at radius 2 is 1.63 bits per heavy atom. The van der Waals surface area contributed by atoms with Gasteiger partial charge >= 0.3 is 12.3 Å². The molecule has 202 valence electrons. The molecule has 0 spiro atoms. The lowest BCUT2D eigenvalue weighted by Gasteiger charge is -2.32. The minimum atomic E-state index is -4.63. The minimum absolute atomic E-state index is 0.0365. The van der Waals surface area contributed by atoms with Crippen LogP contribution in [0.15, 0.2) is 53.6 Å². The molecule has 1 saturated heterocycles. The first-order chi connectivity index (χ1) is 17.9. The largest absolute Gasteiger partial charge is 0.418 e. The van der Waals surface area contributed by atoms with Gasteiger partial charge in [-0.2, -0.15) is 22.8 Å². The van der Waals surface area contributed by atoms with Crippen LogP contribution in [0, 0.1) is 19.8 Å². The first-order valence-electron chi connectivity index (χ1n) is 11.9. The number of carbonyl (C=O) groups excluding carboxylic acids is 2. The summed E-state index contributed by atoms with van der Waals surface area (Å²) in [5.41, 5.74) is 0.509. The Morgan fingerprint density at radius 3 is 2.24 bits per heavy atom. The third-order valence-electron chi connectivity index (χ3n) is 6.32. The number of anilines is 1. The second-order valence-corrected chi connectivity index (χ2v) is 11.3. The molecule has 0 bridgehead atoms. The van der Waals surface area contributed by atoms with Crippen molar-refractivity contribution in [2.75, 3.05) is 18.0 Å². The van der Waals surface area contributed by atoms with Crippen LogP contribution in [0.1, 0.15) is 42.1 Å². The Bertz CT molecular complexity index is 1420. The van der Waals surface area contributed by atoms with Gasteiger partial charge in [0.25, 0.3) is 0 Å². The van der Waals surface area contributed by atoms with Gasteiger partial charge in [-0.1, -0.05) is 31.2 Å². The number of hydrogen-bond donors (Lipinski definition) is 0. The van der Waals surface area contributed by atoms with E-state index in [-0.39, 0.29) is 22.6 Å². The summed E-state index contributed by atoms with van der Waals surface area (Å²) in [5.74, 6) is 0.537. The predicted octanol–water partition coefficient (Wildman–Crippen LogP) is 5.41. The molecular formula is C27H28F3N3O4S. The molecule has 0 unspecified atom stereocenters. The van der Waals surface area contributed by atoms with E-state index in [0.717, 1.165) is 38.1 Å². The lowest BCUT2D eigenvalue weighted by Crippen LogP contribution is -2.35. The zero-order valence-corrected chi connectivity index (χ0v) is 22.1. The van der Waals surface area contributed by atoms with Crippen molar-refractivity contribution in [1.29, 1.82) is 0 Å². The number of alkyl halides is 3. The maximum absolute atomic E-state index is 13.8. The second-order valence-electron chi connectivity index (χ2n) is 9.33. The average molecular weight is 548 g/mol. The number of aromatic nitrogens is 2. The van der Waals surface area contributed by atoms with Gasteiger partial charge in [0.05, 0.1) is 22.7 Å². The predicted molar refractivity (Wildman–Crippen MR) is 135 cm³/mol. The molecule has 38 heavy (non-hydrogen) atoms. The van der Waals surface area contributed by atoms with Crippen LogP contribution < -0.4 is 4.90 Å². The summed E-state index contributed by atoms with van der Waals surface area (Å²) in [4.78, 5) is 26.9. The van der Waals surface area contributed by atoms with Gasteiger partial charge in [0.15, 0.2) is 5.03 Å². The van der Waals surface area contributed by atoms with Crippen molar-refractivity contribution in [2.45, 2.75) is 50.6 Å². The van der Waals surface area contributed by atoms with Crippen LogP contribution in [0.2, 0.25) is 0 Å². The third-order valence-corrected chi connectivity index (χ3v) is 7.86. The Hall–Kier alpha value is -3.56. The molecule has 3 aromatic rings. The molecule has 0 amide bonds. The number of rotatable bonds is 5. The van der Waals surface area contributed by atoms with Crippen molar-refractivity contribution in [3.8, 4) is 11.3 Å². The maximum atomic E-state index is 13.8. The van der Waals surface area contributed by atoms with Crippen molar-refractivity contribution in [2.24, 2.45) is 5.92 Å². The van der Waals surface area contributed by atoms with Crippen LogP contribution in [0.4, 0.5) is 19.0 Å². The first kappa shape index (κ1) is 29.0. The first-order valence-corrected chi connectivity index (χ1v) is 13.6. The molecule has 0 N–H and O–H groups in total. The molecular weight excluding hydrogens is 519 g/mol. The van der Waals surface area contributed by atoms with Gasteiger partial charge in [0, 0.05) is 18.7 Å². The number of sulfone groups is 1. The lowest BCUT2D eigenvalue weighted by molar-refractivity contribution is -0.191. The van der Waals surface area contributed by atoms with Crippen LogP contribution in [-0.4, -0.2) is 37.6 Å². The molecule has 7 nitrogen and oxygen atoms in total. The zero-order chi connectivity index (χ0) is 28.1. The Balaban J connectivity index is 0.00000127. The highest BCUT2D eigenvalue weighted by molar-refractivity contribution is 7.90. The van der Waals surface area contributed by atoms with Gasteiger partial charge in [-0.25, -0.2) is 13.4 Å². The number of aryl methyl sites for hydroxylation is 2. The van der Waals surface area contributed by atoms with Crippen LogP contribution in [0.5, 0.6) is 0 Å². The van der Waals surface area contributed by atoms with E-state index in [0.29, 0.717) is 28.4 Å². The van der Waals surface area contributed by atoms with Crippen LogP contribution in [0.25, 0.3) is 11.3 Å². The standard InChI is InChI=1S/C26H28F3N3O2S.CO2/c1-17-7-6-14-32(15-17)22-10-5-11-23(31-22)35(33,34)16-20-12-13-21(26(27,28)29)25(30-20)24-18(2)8-4-9-19(24)3;2-1-3/h4-5,8-13,17H,6-7,14-16H2,1-3H3;/t17-;/m0./s1. The lowest BCUT2D eigenvalue weighted by atomic mass is 9.96.